The fourth-order valence-electron chi connectivity index (χ4n) is 1.96. The predicted octanol–water partition coefficient (Wildman–Crippen LogP) is 2.97. The first-order chi connectivity index (χ1) is 11.7. The Kier molecular flexibility index (Phi) is 6.39. The SMILES string of the molecule is CC(=O)N[C@@H](C)C(=O)COC(=O)c1c(C(F)(F)F)cccc1C(F)(F)F. The predicted molar refractivity (Wildman–Crippen MR) is 75.0 cm³/mol. The quantitative estimate of drug-likeness (QED) is 0.625. The molecular formula is C15H13F6NO4. The first-order valence-corrected chi connectivity index (χ1v) is 6.99. The van der Waals surface area contributed by atoms with E-state index in [9.17, 15) is 40.7 Å². The van der Waals surface area contributed by atoms with Crippen LogP contribution >= 0.6 is 0 Å². The molecule has 1 aromatic rings. The standard InChI is InChI=1S/C15H13F6NO4/c1-7(22-8(2)23)11(24)6-26-13(25)12-9(14(16,17)18)4-3-5-10(12)15(19,20)21/h3-5,7H,6H2,1-2H3,(H,22,23)/t7-/m0/s1. The van der Waals surface area contributed by atoms with Gasteiger partial charge in [0.25, 0.3) is 0 Å². The van der Waals surface area contributed by atoms with Crippen LogP contribution in [0.1, 0.15) is 35.3 Å². The minimum Gasteiger partial charge on any atom is -0.454 e. The summed E-state index contributed by atoms with van der Waals surface area (Å²) in [6.45, 7) is 1.19. The van der Waals surface area contributed by atoms with E-state index in [0.717, 1.165) is 6.92 Å². The van der Waals surface area contributed by atoms with E-state index in [-0.39, 0.29) is 0 Å². The van der Waals surface area contributed by atoms with Gasteiger partial charge in [-0.05, 0) is 19.1 Å². The number of rotatable bonds is 5. The molecule has 1 amide bonds. The molecule has 5 nitrogen and oxygen atoms in total. The molecule has 144 valence electrons. The number of esters is 1. The monoisotopic (exact) mass is 385 g/mol. The van der Waals surface area contributed by atoms with Crippen LogP contribution in [0.4, 0.5) is 26.3 Å². The van der Waals surface area contributed by atoms with E-state index in [1.807, 2.05) is 0 Å². The number of alkyl halides is 6. The number of hydrogen-bond acceptors (Lipinski definition) is 4. The van der Waals surface area contributed by atoms with E-state index in [2.05, 4.69) is 10.1 Å². The number of ether oxygens (including phenoxy) is 1. The fourth-order valence-corrected chi connectivity index (χ4v) is 1.96. The lowest BCUT2D eigenvalue weighted by Gasteiger charge is -2.18. The molecule has 0 aliphatic carbocycles. The van der Waals surface area contributed by atoms with E-state index in [0.29, 0.717) is 18.2 Å². The average molecular weight is 385 g/mol. The van der Waals surface area contributed by atoms with Gasteiger partial charge in [0.2, 0.25) is 5.91 Å². The number of hydrogen-bond donors (Lipinski definition) is 1. The van der Waals surface area contributed by atoms with Gasteiger partial charge in [-0.15, -0.1) is 0 Å². The first-order valence-electron chi connectivity index (χ1n) is 6.99. The summed E-state index contributed by atoms with van der Waals surface area (Å²) in [6, 6.07) is -0.0339. The van der Waals surface area contributed by atoms with E-state index in [1.165, 1.54) is 6.92 Å². The summed E-state index contributed by atoms with van der Waals surface area (Å²) in [6.07, 6.45) is -10.5. The number of carbonyl (C=O) groups is 3. The van der Waals surface area contributed by atoms with Gasteiger partial charge < -0.3 is 10.1 Å². The third-order valence-electron chi connectivity index (χ3n) is 3.13. The summed E-state index contributed by atoms with van der Waals surface area (Å²) >= 11 is 0. The Morgan fingerprint density at radius 1 is 1.04 bits per heavy atom. The van der Waals surface area contributed by atoms with Crippen LogP contribution in [0.5, 0.6) is 0 Å². The number of halogens is 6. The Hall–Kier alpha value is -2.59. The summed E-state index contributed by atoms with van der Waals surface area (Å²) in [5, 5.41) is 2.14. The molecule has 26 heavy (non-hydrogen) atoms. The Morgan fingerprint density at radius 3 is 1.88 bits per heavy atom. The minimum atomic E-state index is -5.25. The number of nitrogens with one attached hydrogen (secondary N) is 1. The summed E-state index contributed by atoms with van der Waals surface area (Å²) in [4.78, 5) is 34.3. The minimum absolute atomic E-state index is 0.299. The molecule has 11 heteroatoms. The average Bonchev–Trinajstić information content (AvgIpc) is 2.49. The third-order valence-corrected chi connectivity index (χ3v) is 3.13. The highest BCUT2D eigenvalue weighted by Gasteiger charge is 2.43. The second kappa shape index (κ2) is 7.75. The Balaban J connectivity index is 3.15. The zero-order valence-corrected chi connectivity index (χ0v) is 13.4. The maximum absolute atomic E-state index is 13.0. The van der Waals surface area contributed by atoms with Crippen LogP contribution < -0.4 is 5.32 Å². The van der Waals surface area contributed by atoms with Crippen LogP contribution in [0.2, 0.25) is 0 Å². The molecule has 0 saturated carbocycles. The smallest absolute Gasteiger partial charge is 0.417 e. The maximum atomic E-state index is 13.0. The lowest BCUT2D eigenvalue weighted by atomic mass is 10.00. The van der Waals surface area contributed by atoms with Crippen LogP contribution in [0.15, 0.2) is 18.2 Å². The molecule has 0 radical (unpaired) electrons. The van der Waals surface area contributed by atoms with Gasteiger partial charge in [0.1, 0.15) is 0 Å². The molecule has 0 heterocycles. The van der Waals surface area contributed by atoms with Gasteiger partial charge in [0, 0.05) is 6.92 Å². The number of carbonyl (C=O) groups excluding carboxylic acids is 3. The molecule has 0 aliphatic rings. The maximum Gasteiger partial charge on any atom is 0.417 e. The number of benzene rings is 1. The summed E-state index contributed by atoms with van der Waals surface area (Å²) in [5.74, 6) is -3.46. The number of ketones is 1. The van der Waals surface area contributed by atoms with Gasteiger partial charge in [-0.3, -0.25) is 9.59 Å². The largest absolute Gasteiger partial charge is 0.454 e. The van der Waals surface area contributed by atoms with Crippen LogP contribution in [0.25, 0.3) is 0 Å². The van der Waals surface area contributed by atoms with Crippen molar-refractivity contribution in [2.24, 2.45) is 0 Å². The summed E-state index contributed by atoms with van der Waals surface area (Å²) in [5.41, 5.74) is -5.40. The molecular weight excluding hydrogens is 372 g/mol. The lowest BCUT2D eigenvalue weighted by molar-refractivity contribution is -0.144. The molecule has 0 aromatic heterocycles. The molecule has 0 saturated heterocycles. The van der Waals surface area contributed by atoms with Crippen molar-refractivity contribution in [3.63, 3.8) is 0 Å². The Bertz CT molecular complexity index is 679. The van der Waals surface area contributed by atoms with Crippen LogP contribution in [0.3, 0.4) is 0 Å². The summed E-state index contributed by atoms with van der Waals surface area (Å²) in [7, 11) is 0. The van der Waals surface area contributed by atoms with Crippen molar-refractivity contribution < 1.29 is 45.5 Å². The molecule has 0 spiro atoms. The highest BCUT2D eigenvalue weighted by Crippen LogP contribution is 2.39. The second-order valence-electron chi connectivity index (χ2n) is 5.19. The molecule has 0 bridgehead atoms. The van der Waals surface area contributed by atoms with Crippen molar-refractivity contribution in [2.75, 3.05) is 6.61 Å². The van der Waals surface area contributed by atoms with Crippen LogP contribution in [0, 0.1) is 0 Å². The molecule has 1 rings (SSSR count). The highest BCUT2D eigenvalue weighted by molar-refractivity contribution is 5.96. The van der Waals surface area contributed by atoms with E-state index < -0.39 is 59.4 Å². The van der Waals surface area contributed by atoms with Gasteiger partial charge in [-0.1, -0.05) is 6.07 Å². The number of amides is 1. The van der Waals surface area contributed by atoms with Crippen LogP contribution in [-0.2, 0) is 26.7 Å². The van der Waals surface area contributed by atoms with Gasteiger partial charge in [-0.25, -0.2) is 4.79 Å². The summed E-state index contributed by atoms with van der Waals surface area (Å²) < 4.78 is 82.1. The van der Waals surface area contributed by atoms with Crippen molar-refractivity contribution in [3.8, 4) is 0 Å². The van der Waals surface area contributed by atoms with E-state index in [4.69, 9.17) is 0 Å². The van der Waals surface area contributed by atoms with Crippen molar-refractivity contribution >= 4 is 17.7 Å². The van der Waals surface area contributed by atoms with Crippen molar-refractivity contribution in [2.45, 2.75) is 32.2 Å². The van der Waals surface area contributed by atoms with Gasteiger partial charge in [0.15, 0.2) is 12.4 Å². The first kappa shape index (κ1) is 21.5. The van der Waals surface area contributed by atoms with Crippen molar-refractivity contribution in [3.05, 3.63) is 34.9 Å². The Morgan fingerprint density at radius 2 is 1.50 bits per heavy atom. The normalized spacial score (nSPS) is 13.1. The molecule has 0 unspecified atom stereocenters. The molecule has 1 atom stereocenters. The van der Waals surface area contributed by atoms with E-state index >= 15 is 0 Å². The van der Waals surface area contributed by atoms with Gasteiger partial charge in [0.05, 0.1) is 22.7 Å². The zero-order valence-electron chi connectivity index (χ0n) is 13.4. The zero-order chi connectivity index (χ0) is 20.3. The van der Waals surface area contributed by atoms with Crippen molar-refractivity contribution in [1.29, 1.82) is 0 Å². The van der Waals surface area contributed by atoms with Gasteiger partial charge in [-0.2, -0.15) is 26.3 Å². The molecule has 1 aromatic carbocycles. The molecule has 0 aliphatic heterocycles. The topological polar surface area (TPSA) is 72.5 Å². The van der Waals surface area contributed by atoms with Crippen LogP contribution in [-0.4, -0.2) is 30.3 Å². The third kappa shape index (κ3) is 5.46. The van der Waals surface area contributed by atoms with E-state index in [1.54, 1.807) is 0 Å². The fraction of sp³-hybridized carbons (Fsp3) is 0.400. The highest BCUT2D eigenvalue weighted by atomic mass is 19.4. The Labute approximate surface area is 143 Å². The molecule has 0 fully saturated rings. The lowest BCUT2D eigenvalue weighted by Crippen LogP contribution is -2.39. The molecule has 1 N–H and O–H groups in total. The number of Topliss-reactive ketones (excluding diaryl/α,β-unsaturated/α-hetero) is 1. The second-order valence-corrected chi connectivity index (χ2v) is 5.19. The van der Waals surface area contributed by atoms with Gasteiger partial charge >= 0.3 is 18.3 Å². The van der Waals surface area contributed by atoms with Crippen molar-refractivity contribution in [1.82, 2.24) is 5.32 Å².